The molecular weight excluding hydrogens is 367 g/mol. The summed E-state index contributed by atoms with van der Waals surface area (Å²) in [5.74, 6) is -2.28. The molecule has 0 spiro atoms. The SMILES string of the molecule is COC(=O)c1cc(F)c(CCC(=O)Nc2ccc(Cl)cc2)c([N+](=O)[O-])c1. The first kappa shape index (κ1) is 19.3. The molecule has 0 radical (unpaired) electrons. The Hall–Kier alpha value is -3.00. The number of nitro benzene ring substituents is 1. The van der Waals surface area contributed by atoms with Crippen LogP contribution in [0.2, 0.25) is 5.02 Å². The van der Waals surface area contributed by atoms with E-state index in [1.54, 1.807) is 24.3 Å². The van der Waals surface area contributed by atoms with Crippen molar-refractivity contribution in [3.8, 4) is 0 Å². The van der Waals surface area contributed by atoms with Gasteiger partial charge in [0.05, 0.1) is 23.2 Å². The van der Waals surface area contributed by atoms with E-state index in [-0.39, 0.29) is 24.0 Å². The molecular formula is C17H14ClFN2O5. The normalized spacial score (nSPS) is 10.3. The van der Waals surface area contributed by atoms with Crippen LogP contribution in [0.3, 0.4) is 0 Å². The van der Waals surface area contributed by atoms with Gasteiger partial charge in [-0.2, -0.15) is 0 Å². The topological polar surface area (TPSA) is 98.5 Å². The van der Waals surface area contributed by atoms with Gasteiger partial charge in [0.1, 0.15) is 5.82 Å². The summed E-state index contributed by atoms with van der Waals surface area (Å²) in [6.45, 7) is 0. The van der Waals surface area contributed by atoms with Crippen LogP contribution in [0.15, 0.2) is 36.4 Å². The van der Waals surface area contributed by atoms with E-state index in [0.717, 1.165) is 19.2 Å². The van der Waals surface area contributed by atoms with E-state index in [1.165, 1.54) is 0 Å². The van der Waals surface area contributed by atoms with Gasteiger partial charge in [0.25, 0.3) is 5.69 Å². The summed E-state index contributed by atoms with van der Waals surface area (Å²) in [4.78, 5) is 33.8. The number of nitrogens with one attached hydrogen (secondary N) is 1. The van der Waals surface area contributed by atoms with Crippen molar-refractivity contribution in [1.29, 1.82) is 0 Å². The lowest BCUT2D eigenvalue weighted by Crippen LogP contribution is -2.14. The Morgan fingerprint density at radius 3 is 2.50 bits per heavy atom. The second-order valence-electron chi connectivity index (χ2n) is 5.26. The maximum absolute atomic E-state index is 14.2. The Morgan fingerprint density at radius 2 is 1.92 bits per heavy atom. The lowest BCUT2D eigenvalue weighted by atomic mass is 10.0. The minimum absolute atomic E-state index is 0.183. The van der Waals surface area contributed by atoms with Crippen LogP contribution < -0.4 is 5.32 Å². The Labute approximate surface area is 152 Å². The third-order valence-electron chi connectivity index (χ3n) is 3.52. The number of amides is 1. The predicted octanol–water partition coefficient (Wildman–Crippen LogP) is 3.75. The number of methoxy groups -OCH3 is 1. The van der Waals surface area contributed by atoms with E-state index in [2.05, 4.69) is 10.1 Å². The maximum Gasteiger partial charge on any atom is 0.338 e. The molecule has 7 nitrogen and oxygen atoms in total. The number of carbonyl (C=O) groups is 2. The highest BCUT2D eigenvalue weighted by Crippen LogP contribution is 2.26. The molecule has 0 aromatic heterocycles. The van der Waals surface area contributed by atoms with Crippen LogP contribution in [0.25, 0.3) is 0 Å². The van der Waals surface area contributed by atoms with E-state index < -0.39 is 28.3 Å². The molecule has 26 heavy (non-hydrogen) atoms. The highest BCUT2D eigenvalue weighted by atomic mass is 35.5. The Bertz CT molecular complexity index is 855. The average Bonchev–Trinajstić information content (AvgIpc) is 2.61. The summed E-state index contributed by atoms with van der Waals surface area (Å²) in [7, 11) is 1.08. The van der Waals surface area contributed by atoms with E-state index in [0.29, 0.717) is 10.7 Å². The minimum atomic E-state index is -0.945. The molecule has 0 atom stereocenters. The summed E-state index contributed by atoms with van der Waals surface area (Å²) in [5.41, 5.74) is -0.611. The smallest absolute Gasteiger partial charge is 0.338 e. The van der Waals surface area contributed by atoms with Crippen molar-refractivity contribution in [3.05, 3.63) is 68.5 Å². The van der Waals surface area contributed by atoms with Gasteiger partial charge in [-0.15, -0.1) is 0 Å². The molecule has 1 N–H and O–H groups in total. The van der Waals surface area contributed by atoms with Gasteiger partial charge in [0, 0.05) is 23.2 Å². The van der Waals surface area contributed by atoms with Crippen LogP contribution in [0.1, 0.15) is 22.3 Å². The number of halogens is 2. The number of hydrogen-bond donors (Lipinski definition) is 1. The standard InChI is InChI=1S/C17H14ClFN2O5/c1-26-17(23)10-8-14(19)13(15(9-10)21(24)25)6-7-16(22)20-12-4-2-11(18)3-5-12/h2-5,8-9H,6-7H2,1H3,(H,20,22). The van der Waals surface area contributed by atoms with Crippen molar-refractivity contribution in [2.45, 2.75) is 12.8 Å². The molecule has 0 saturated heterocycles. The van der Waals surface area contributed by atoms with Crippen LogP contribution in [0.5, 0.6) is 0 Å². The average molecular weight is 381 g/mol. The number of benzene rings is 2. The molecule has 0 heterocycles. The minimum Gasteiger partial charge on any atom is -0.465 e. The van der Waals surface area contributed by atoms with Gasteiger partial charge in [-0.1, -0.05) is 11.6 Å². The predicted molar refractivity (Wildman–Crippen MR) is 92.8 cm³/mol. The quantitative estimate of drug-likeness (QED) is 0.467. The van der Waals surface area contributed by atoms with E-state index in [4.69, 9.17) is 11.6 Å². The molecule has 0 bridgehead atoms. The van der Waals surface area contributed by atoms with Gasteiger partial charge in [-0.05, 0) is 36.8 Å². The highest BCUT2D eigenvalue weighted by Gasteiger charge is 2.23. The zero-order valence-corrected chi connectivity index (χ0v) is 14.4. The van der Waals surface area contributed by atoms with Crippen LogP contribution in [-0.4, -0.2) is 23.9 Å². The fourth-order valence-corrected chi connectivity index (χ4v) is 2.39. The zero-order valence-electron chi connectivity index (χ0n) is 13.6. The van der Waals surface area contributed by atoms with Crippen molar-refractivity contribution < 1.29 is 23.6 Å². The van der Waals surface area contributed by atoms with Gasteiger partial charge in [-0.3, -0.25) is 14.9 Å². The van der Waals surface area contributed by atoms with Gasteiger partial charge < -0.3 is 10.1 Å². The van der Waals surface area contributed by atoms with Crippen molar-refractivity contribution in [2.75, 3.05) is 12.4 Å². The number of rotatable bonds is 6. The second-order valence-corrected chi connectivity index (χ2v) is 5.70. The molecule has 9 heteroatoms. The van der Waals surface area contributed by atoms with Crippen LogP contribution in [-0.2, 0) is 16.0 Å². The first-order valence-corrected chi connectivity index (χ1v) is 7.80. The van der Waals surface area contributed by atoms with Crippen LogP contribution in [0, 0.1) is 15.9 Å². The summed E-state index contributed by atoms with van der Waals surface area (Å²) in [6.07, 6.45) is -0.388. The molecule has 0 unspecified atom stereocenters. The fourth-order valence-electron chi connectivity index (χ4n) is 2.26. The van der Waals surface area contributed by atoms with E-state index in [9.17, 15) is 24.1 Å². The third kappa shape index (κ3) is 4.76. The van der Waals surface area contributed by atoms with Gasteiger partial charge >= 0.3 is 5.97 Å². The van der Waals surface area contributed by atoms with E-state index in [1.807, 2.05) is 0 Å². The molecule has 1 amide bonds. The number of nitro groups is 1. The number of esters is 1. The molecule has 2 aromatic rings. The van der Waals surface area contributed by atoms with Crippen LogP contribution in [0.4, 0.5) is 15.8 Å². The summed E-state index contributed by atoms with van der Waals surface area (Å²) < 4.78 is 18.7. The van der Waals surface area contributed by atoms with Crippen molar-refractivity contribution in [1.82, 2.24) is 0 Å². The van der Waals surface area contributed by atoms with Gasteiger partial charge in [0.15, 0.2) is 0 Å². The number of ether oxygens (including phenoxy) is 1. The number of hydrogen-bond acceptors (Lipinski definition) is 5. The maximum atomic E-state index is 14.2. The molecule has 0 fully saturated rings. The Balaban J connectivity index is 2.15. The molecule has 0 aliphatic heterocycles. The number of nitrogens with zero attached hydrogens (tertiary/aromatic N) is 1. The molecule has 0 aliphatic carbocycles. The fraction of sp³-hybridized carbons (Fsp3) is 0.176. The third-order valence-corrected chi connectivity index (χ3v) is 3.77. The molecule has 2 aromatic carbocycles. The monoisotopic (exact) mass is 380 g/mol. The lowest BCUT2D eigenvalue weighted by Gasteiger charge is -2.08. The highest BCUT2D eigenvalue weighted by molar-refractivity contribution is 6.30. The first-order chi connectivity index (χ1) is 12.3. The molecule has 0 aliphatic rings. The largest absolute Gasteiger partial charge is 0.465 e. The van der Waals surface area contributed by atoms with Crippen molar-refractivity contribution in [3.63, 3.8) is 0 Å². The summed E-state index contributed by atoms with van der Waals surface area (Å²) in [6, 6.07) is 8.15. The summed E-state index contributed by atoms with van der Waals surface area (Å²) in [5, 5.41) is 14.3. The van der Waals surface area contributed by atoms with Gasteiger partial charge in [0.2, 0.25) is 5.91 Å². The summed E-state index contributed by atoms with van der Waals surface area (Å²) >= 11 is 5.75. The lowest BCUT2D eigenvalue weighted by molar-refractivity contribution is -0.385. The molecule has 136 valence electrons. The Morgan fingerprint density at radius 1 is 1.27 bits per heavy atom. The Kier molecular flexibility index (Phi) is 6.24. The second kappa shape index (κ2) is 8.39. The molecule has 2 rings (SSSR count). The zero-order chi connectivity index (χ0) is 19.3. The van der Waals surface area contributed by atoms with Crippen molar-refractivity contribution >= 4 is 34.9 Å². The van der Waals surface area contributed by atoms with Crippen molar-refractivity contribution in [2.24, 2.45) is 0 Å². The molecule has 0 saturated carbocycles. The number of carbonyl (C=O) groups excluding carboxylic acids is 2. The first-order valence-electron chi connectivity index (χ1n) is 7.42. The van der Waals surface area contributed by atoms with Gasteiger partial charge in [-0.25, -0.2) is 9.18 Å². The number of anilines is 1. The van der Waals surface area contributed by atoms with Crippen LogP contribution >= 0.6 is 11.6 Å². The van der Waals surface area contributed by atoms with E-state index >= 15 is 0 Å².